The van der Waals surface area contributed by atoms with E-state index in [0.717, 1.165) is 11.3 Å². The van der Waals surface area contributed by atoms with E-state index in [9.17, 15) is 4.79 Å². The Labute approximate surface area is 94.3 Å². The number of benzene rings is 1. The molecule has 0 spiro atoms. The van der Waals surface area contributed by atoms with Crippen LogP contribution in [0.5, 0.6) is 0 Å². The molecule has 78 valence electrons. The van der Waals surface area contributed by atoms with Gasteiger partial charge in [0.15, 0.2) is 0 Å². The van der Waals surface area contributed by atoms with Gasteiger partial charge in [0.2, 0.25) is 5.78 Å². The van der Waals surface area contributed by atoms with Crippen LogP contribution in [0.3, 0.4) is 0 Å². The van der Waals surface area contributed by atoms with Crippen molar-refractivity contribution in [3.05, 3.63) is 59.9 Å². The quantitative estimate of drug-likeness (QED) is 0.755. The molecule has 16 heavy (non-hydrogen) atoms. The maximum atomic E-state index is 11.5. The Balaban J connectivity index is 2.01. The van der Waals surface area contributed by atoms with E-state index < -0.39 is 0 Å². The van der Waals surface area contributed by atoms with Gasteiger partial charge in [-0.1, -0.05) is 24.1 Å². The van der Waals surface area contributed by atoms with Crippen LogP contribution in [0.15, 0.2) is 48.7 Å². The van der Waals surface area contributed by atoms with E-state index in [0.29, 0.717) is 6.42 Å². The first-order valence-electron chi connectivity index (χ1n) is 5.07. The molecule has 0 fully saturated rings. The largest absolute Gasteiger partial charge is 0.365 e. The molecule has 0 unspecified atom stereocenters. The Hall–Kier alpha value is -2.27. The van der Waals surface area contributed by atoms with E-state index in [4.69, 9.17) is 0 Å². The van der Waals surface area contributed by atoms with Gasteiger partial charge < -0.3 is 4.98 Å². The van der Waals surface area contributed by atoms with Crippen LogP contribution in [0.4, 0.5) is 0 Å². The molecule has 0 atom stereocenters. The number of rotatable bonds is 2. The highest BCUT2D eigenvalue weighted by molar-refractivity contribution is 5.97. The van der Waals surface area contributed by atoms with E-state index >= 15 is 0 Å². The highest BCUT2D eigenvalue weighted by atomic mass is 16.1. The summed E-state index contributed by atoms with van der Waals surface area (Å²) in [6, 6.07) is 13.2. The Morgan fingerprint density at radius 3 is 2.62 bits per heavy atom. The summed E-state index contributed by atoms with van der Waals surface area (Å²) in [6.45, 7) is 0. The summed E-state index contributed by atoms with van der Waals surface area (Å²) in [7, 11) is 0. The second kappa shape index (κ2) is 4.99. The van der Waals surface area contributed by atoms with Gasteiger partial charge in [0.1, 0.15) is 0 Å². The summed E-state index contributed by atoms with van der Waals surface area (Å²) in [6.07, 6.45) is 2.14. The first-order valence-corrected chi connectivity index (χ1v) is 5.07. The number of aromatic nitrogens is 1. The lowest BCUT2D eigenvalue weighted by Crippen LogP contribution is -1.99. The van der Waals surface area contributed by atoms with Crippen molar-refractivity contribution in [2.24, 2.45) is 0 Å². The van der Waals surface area contributed by atoms with Crippen LogP contribution >= 0.6 is 0 Å². The number of carbonyl (C=O) groups is 1. The highest BCUT2D eigenvalue weighted by Gasteiger charge is 1.99. The maximum absolute atomic E-state index is 11.5. The van der Waals surface area contributed by atoms with Crippen molar-refractivity contribution >= 4 is 5.78 Å². The Morgan fingerprint density at radius 1 is 1.12 bits per heavy atom. The Morgan fingerprint density at radius 2 is 1.94 bits per heavy atom. The normalized spacial score (nSPS) is 9.25. The monoisotopic (exact) mass is 209 g/mol. The zero-order chi connectivity index (χ0) is 11.2. The van der Waals surface area contributed by atoms with Crippen LogP contribution in [0.25, 0.3) is 0 Å². The van der Waals surface area contributed by atoms with Gasteiger partial charge in [0.05, 0.1) is 6.42 Å². The molecule has 0 amide bonds. The lowest BCUT2D eigenvalue weighted by Gasteiger charge is -1.89. The van der Waals surface area contributed by atoms with E-state index in [1.54, 1.807) is 6.20 Å². The van der Waals surface area contributed by atoms with Gasteiger partial charge >= 0.3 is 0 Å². The van der Waals surface area contributed by atoms with Gasteiger partial charge in [0.25, 0.3) is 0 Å². The molecule has 0 bridgehead atoms. The predicted molar refractivity (Wildman–Crippen MR) is 62.8 cm³/mol. The standard InChI is InChI=1S/C14H11NO/c16-14(11-13-7-4-10-15-13)9-8-12-5-2-1-3-6-12/h1-7,10,15H,11H2. The molecular weight excluding hydrogens is 198 g/mol. The average molecular weight is 209 g/mol. The SMILES string of the molecule is O=C(C#Cc1ccccc1)Cc1ccc[nH]1. The molecule has 1 aromatic carbocycles. The van der Waals surface area contributed by atoms with Crippen molar-refractivity contribution in [2.75, 3.05) is 0 Å². The van der Waals surface area contributed by atoms with Crippen molar-refractivity contribution < 1.29 is 4.79 Å². The summed E-state index contributed by atoms with van der Waals surface area (Å²) in [5.41, 5.74) is 1.76. The molecule has 0 saturated carbocycles. The summed E-state index contributed by atoms with van der Waals surface area (Å²) in [5, 5.41) is 0. The fourth-order valence-corrected chi connectivity index (χ4v) is 1.36. The van der Waals surface area contributed by atoms with Crippen LogP contribution < -0.4 is 0 Å². The molecule has 0 aliphatic heterocycles. The number of Topliss-reactive ketones (excluding diaryl/α,β-unsaturated/α-hetero) is 1. The fourth-order valence-electron chi connectivity index (χ4n) is 1.36. The van der Waals surface area contributed by atoms with Crippen LogP contribution in [-0.2, 0) is 11.2 Å². The van der Waals surface area contributed by atoms with Crippen LogP contribution in [0.2, 0.25) is 0 Å². The highest BCUT2D eigenvalue weighted by Crippen LogP contribution is 1.97. The number of nitrogens with one attached hydrogen (secondary N) is 1. The number of ketones is 1. The number of aromatic amines is 1. The second-order valence-electron chi connectivity index (χ2n) is 3.41. The molecular formula is C14H11NO. The third-order valence-corrected chi connectivity index (χ3v) is 2.13. The number of hydrogen-bond donors (Lipinski definition) is 1. The van der Waals surface area contributed by atoms with Gasteiger partial charge in [0, 0.05) is 17.5 Å². The molecule has 1 heterocycles. The van der Waals surface area contributed by atoms with Gasteiger partial charge in [-0.2, -0.15) is 0 Å². The van der Waals surface area contributed by atoms with E-state index in [-0.39, 0.29) is 5.78 Å². The van der Waals surface area contributed by atoms with Crippen molar-refractivity contribution in [3.63, 3.8) is 0 Å². The summed E-state index contributed by atoms with van der Waals surface area (Å²) < 4.78 is 0. The minimum absolute atomic E-state index is 0.0775. The summed E-state index contributed by atoms with van der Waals surface area (Å²) >= 11 is 0. The van der Waals surface area contributed by atoms with Gasteiger partial charge in [-0.05, 0) is 30.2 Å². The van der Waals surface area contributed by atoms with Crippen molar-refractivity contribution in [2.45, 2.75) is 6.42 Å². The minimum Gasteiger partial charge on any atom is -0.365 e. The molecule has 2 nitrogen and oxygen atoms in total. The molecule has 2 rings (SSSR count). The van der Waals surface area contributed by atoms with Gasteiger partial charge in [-0.3, -0.25) is 4.79 Å². The lowest BCUT2D eigenvalue weighted by molar-refractivity contribution is -0.113. The van der Waals surface area contributed by atoms with Gasteiger partial charge in [-0.15, -0.1) is 0 Å². The van der Waals surface area contributed by atoms with E-state index in [1.165, 1.54) is 0 Å². The minimum atomic E-state index is -0.0775. The molecule has 0 saturated heterocycles. The molecule has 1 N–H and O–H groups in total. The third kappa shape index (κ3) is 2.86. The second-order valence-corrected chi connectivity index (χ2v) is 3.41. The smallest absolute Gasteiger partial charge is 0.211 e. The fraction of sp³-hybridized carbons (Fsp3) is 0.0714. The molecule has 2 heteroatoms. The van der Waals surface area contributed by atoms with Crippen molar-refractivity contribution in [3.8, 4) is 11.8 Å². The topological polar surface area (TPSA) is 32.9 Å². The number of hydrogen-bond acceptors (Lipinski definition) is 1. The van der Waals surface area contributed by atoms with Crippen LogP contribution in [-0.4, -0.2) is 10.8 Å². The predicted octanol–water partition coefficient (Wildman–Crippen LogP) is 2.18. The zero-order valence-corrected chi connectivity index (χ0v) is 8.73. The average Bonchev–Trinajstić information content (AvgIpc) is 2.81. The van der Waals surface area contributed by atoms with Crippen molar-refractivity contribution in [1.29, 1.82) is 0 Å². The summed E-state index contributed by atoms with van der Waals surface area (Å²) in [5.74, 6) is 5.39. The van der Waals surface area contributed by atoms with E-state index in [1.807, 2.05) is 42.5 Å². The zero-order valence-electron chi connectivity index (χ0n) is 8.73. The van der Waals surface area contributed by atoms with E-state index in [2.05, 4.69) is 16.8 Å². The Kier molecular flexibility index (Phi) is 3.20. The maximum Gasteiger partial charge on any atom is 0.211 e. The van der Waals surface area contributed by atoms with Crippen LogP contribution in [0.1, 0.15) is 11.3 Å². The van der Waals surface area contributed by atoms with Crippen LogP contribution in [0, 0.1) is 11.8 Å². The molecule has 0 aliphatic rings. The summed E-state index contributed by atoms with van der Waals surface area (Å²) in [4.78, 5) is 14.5. The molecule has 1 aromatic heterocycles. The first kappa shape index (κ1) is 10.3. The molecule has 0 aliphatic carbocycles. The number of carbonyl (C=O) groups excluding carboxylic acids is 1. The van der Waals surface area contributed by atoms with Crippen molar-refractivity contribution in [1.82, 2.24) is 4.98 Å². The Bertz CT molecular complexity index is 515. The number of H-pyrrole nitrogens is 1. The third-order valence-electron chi connectivity index (χ3n) is 2.13. The molecule has 2 aromatic rings. The van der Waals surface area contributed by atoms with Gasteiger partial charge in [-0.25, -0.2) is 0 Å². The molecule has 0 radical (unpaired) electrons. The first-order chi connectivity index (χ1) is 7.84. The lowest BCUT2D eigenvalue weighted by atomic mass is 10.2.